The Bertz CT molecular complexity index is 397. The van der Waals surface area contributed by atoms with Crippen LogP contribution in [0, 0.1) is 5.92 Å². The van der Waals surface area contributed by atoms with E-state index in [9.17, 15) is 4.79 Å². The first kappa shape index (κ1) is 13.1. The van der Waals surface area contributed by atoms with Gasteiger partial charge in [0.15, 0.2) is 0 Å². The molecule has 2 atom stereocenters. The number of primary amides is 1. The van der Waals surface area contributed by atoms with Gasteiger partial charge in [0, 0.05) is 24.8 Å². The van der Waals surface area contributed by atoms with Crippen LogP contribution < -0.4 is 11.1 Å². The molecular formula is C14H20N2O2. The summed E-state index contributed by atoms with van der Waals surface area (Å²) >= 11 is 0. The van der Waals surface area contributed by atoms with E-state index in [4.69, 9.17) is 10.5 Å². The Balaban J connectivity index is 1.84. The summed E-state index contributed by atoms with van der Waals surface area (Å²) in [7, 11) is 0. The predicted octanol–water partition coefficient (Wildman–Crippen LogP) is 1.30. The fraction of sp³-hybridized carbons (Fsp3) is 0.500. The molecule has 4 nitrogen and oxygen atoms in total. The van der Waals surface area contributed by atoms with E-state index in [0.29, 0.717) is 17.5 Å². The maximum atomic E-state index is 10.9. The Morgan fingerprint density at radius 3 is 2.78 bits per heavy atom. The number of rotatable bonds is 5. The average Bonchev–Trinajstić information content (AvgIpc) is 2.90. The molecule has 1 heterocycles. The Hall–Kier alpha value is -1.39. The lowest BCUT2D eigenvalue weighted by Gasteiger charge is -2.19. The molecule has 98 valence electrons. The van der Waals surface area contributed by atoms with Crippen LogP contribution in [0.4, 0.5) is 0 Å². The van der Waals surface area contributed by atoms with Gasteiger partial charge in [0.1, 0.15) is 0 Å². The van der Waals surface area contributed by atoms with Crippen molar-refractivity contribution in [2.45, 2.75) is 25.9 Å². The largest absolute Gasteiger partial charge is 0.381 e. The lowest BCUT2D eigenvalue weighted by atomic mass is 10.0. The van der Waals surface area contributed by atoms with Crippen LogP contribution >= 0.6 is 0 Å². The summed E-state index contributed by atoms with van der Waals surface area (Å²) in [5.41, 5.74) is 6.91. The van der Waals surface area contributed by atoms with Crippen LogP contribution in [0.5, 0.6) is 0 Å². The molecule has 0 aromatic heterocycles. The maximum Gasteiger partial charge on any atom is 0.248 e. The van der Waals surface area contributed by atoms with Gasteiger partial charge in [-0.25, -0.2) is 0 Å². The smallest absolute Gasteiger partial charge is 0.248 e. The number of amides is 1. The van der Waals surface area contributed by atoms with Crippen molar-refractivity contribution in [3.8, 4) is 0 Å². The van der Waals surface area contributed by atoms with E-state index < -0.39 is 0 Å². The third kappa shape index (κ3) is 3.31. The zero-order valence-corrected chi connectivity index (χ0v) is 10.7. The second kappa shape index (κ2) is 5.98. The van der Waals surface area contributed by atoms with Crippen LogP contribution in [0.25, 0.3) is 0 Å². The molecule has 0 radical (unpaired) electrons. The monoisotopic (exact) mass is 248 g/mol. The molecule has 1 aliphatic heterocycles. The fourth-order valence-electron chi connectivity index (χ4n) is 2.18. The topological polar surface area (TPSA) is 64.3 Å². The molecule has 1 saturated heterocycles. The molecular weight excluding hydrogens is 228 g/mol. The summed E-state index contributed by atoms with van der Waals surface area (Å²) in [6, 6.07) is 7.85. The molecule has 0 aliphatic carbocycles. The minimum atomic E-state index is -0.383. The lowest BCUT2D eigenvalue weighted by Crippen LogP contribution is -2.33. The summed E-state index contributed by atoms with van der Waals surface area (Å²) in [6.45, 7) is 4.73. The number of carbonyl (C=O) groups excluding carboxylic acids is 1. The average molecular weight is 248 g/mol. The van der Waals surface area contributed by atoms with Gasteiger partial charge >= 0.3 is 0 Å². The number of nitrogens with one attached hydrogen (secondary N) is 1. The molecule has 0 bridgehead atoms. The van der Waals surface area contributed by atoms with Gasteiger partial charge in [-0.15, -0.1) is 0 Å². The van der Waals surface area contributed by atoms with Crippen molar-refractivity contribution in [2.24, 2.45) is 11.7 Å². The Morgan fingerprint density at radius 2 is 2.22 bits per heavy atom. The van der Waals surface area contributed by atoms with Gasteiger partial charge in [-0.05, 0) is 37.0 Å². The van der Waals surface area contributed by atoms with Crippen LogP contribution in [0.15, 0.2) is 24.3 Å². The zero-order chi connectivity index (χ0) is 13.0. The lowest BCUT2D eigenvalue weighted by molar-refractivity contribution is 0.100. The molecule has 0 spiro atoms. The van der Waals surface area contributed by atoms with Crippen LogP contribution in [0.2, 0.25) is 0 Å². The summed E-state index contributed by atoms with van der Waals surface area (Å²) in [6.07, 6.45) is 1.13. The Morgan fingerprint density at radius 1 is 1.50 bits per heavy atom. The zero-order valence-electron chi connectivity index (χ0n) is 10.7. The first-order valence-corrected chi connectivity index (χ1v) is 6.36. The first-order chi connectivity index (χ1) is 8.66. The van der Waals surface area contributed by atoms with Gasteiger partial charge in [0.2, 0.25) is 5.91 Å². The minimum absolute atomic E-state index is 0.383. The third-order valence-electron chi connectivity index (χ3n) is 3.54. The number of hydrogen-bond acceptors (Lipinski definition) is 3. The van der Waals surface area contributed by atoms with E-state index in [0.717, 1.165) is 31.7 Å². The van der Waals surface area contributed by atoms with E-state index in [2.05, 4.69) is 12.2 Å². The van der Waals surface area contributed by atoms with Crippen LogP contribution in [0.1, 0.15) is 29.3 Å². The predicted molar refractivity (Wildman–Crippen MR) is 70.2 cm³/mol. The van der Waals surface area contributed by atoms with E-state index in [1.165, 1.54) is 0 Å². The van der Waals surface area contributed by atoms with Crippen LogP contribution in [-0.2, 0) is 11.3 Å². The van der Waals surface area contributed by atoms with Crippen molar-refractivity contribution in [3.63, 3.8) is 0 Å². The second-order valence-corrected chi connectivity index (χ2v) is 4.85. The molecule has 3 N–H and O–H groups in total. The SMILES string of the molecule is CC(NCc1ccc(C(N)=O)cc1)C1CCOC1. The van der Waals surface area contributed by atoms with E-state index in [1.54, 1.807) is 12.1 Å². The third-order valence-corrected chi connectivity index (χ3v) is 3.54. The van der Waals surface area contributed by atoms with Gasteiger partial charge in [-0.1, -0.05) is 12.1 Å². The second-order valence-electron chi connectivity index (χ2n) is 4.85. The first-order valence-electron chi connectivity index (χ1n) is 6.36. The molecule has 1 aromatic carbocycles. The standard InChI is InChI=1S/C14H20N2O2/c1-10(13-6-7-18-9-13)16-8-11-2-4-12(5-3-11)14(15)17/h2-5,10,13,16H,6-9H2,1H3,(H2,15,17). The highest BCUT2D eigenvalue weighted by Gasteiger charge is 2.21. The number of nitrogens with two attached hydrogens (primary N) is 1. The van der Waals surface area contributed by atoms with Crippen molar-refractivity contribution in [3.05, 3.63) is 35.4 Å². The molecule has 2 rings (SSSR count). The molecule has 2 unspecified atom stereocenters. The summed E-state index contributed by atoms with van der Waals surface area (Å²) in [4.78, 5) is 10.9. The number of carbonyl (C=O) groups is 1. The van der Waals surface area contributed by atoms with E-state index in [-0.39, 0.29) is 5.91 Å². The number of benzene rings is 1. The molecule has 0 saturated carbocycles. The van der Waals surface area contributed by atoms with Crippen molar-refractivity contribution < 1.29 is 9.53 Å². The molecule has 4 heteroatoms. The number of ether oxygens (including phenoxy) is 1. The summed E-state index contributed by atoms with van der Waals surface area (Å²) in [5.74, 6) is 0.223. The van der Waals surface area contributed by atoms with Crippen LogP contribution in [0.3, 0.4) is 0 Å². The van der Waals surface area contributed by atoms with Crippen molar-refractivity contribution in [1.82, 2.24) is 5.32 Å². The van der Waals surface area contributed by atoms with Gasteiger partial charge in [0.25, 0.3) is 0 Å². The van der Waals surface area contributed by atoms with Crippen LogP contribution in [-0.4, -0.2) is 25.2 Å². The molecule has 1 amide bonds. The van der Waals surface area contributed by atoms with Gasteiger partial charge in [-0.2, -0.15) is 0 Å². The highest BCUT2D eigenvalue weighted by molar-refractivity contribution is 5.92. The quantitative estimate of drug-likeness (QED) is 0.825. The Labute approximate surface area is 108 Å². The Kier molecular flexibility index (Phi) is 4.33. The van der Waals surface area contributed by atoms with Crippen molar-refractivity contribution in [2.75, 3.05) is 13.2 Å². The maximum absolute atomic E-state index is 10.9. The summed E-state index contributed by atoms with van der Waals surface area (Å²) < 4.78 is 5.38. The van der Waals surface area contributed by atoms with Crippen molar-refractivity contribution in [1.29, 1.82) is 0 Å². The van der Waals surface area contributed by atoms with E-state index in [1.807, 2.05) is 12.1 Å². The highest BCUT2D eigenvalue weighted by Crippen LogP contribution is 2.16. The summed E-state index contributed by atoms with van der Waals surface area (Å²) in [5, 5.41) is 3.49. The van der Waals surface area contributed by atoms with Crippen molar-refractivity contribution >= 4 is 5.91 Å². The molecule has 18 heavy (non-hydrogen) atoms. The van der Waals surface area contributed by atoms with Gasteiger partial charge in [0.05, 0.1) is 6.61 Å². The molecule has 1 aliphatic rings. The fourth-order valence-corrected chi connectivity index (χ4v) is 2.18. The van der Waals surface area contributed by atoms with Gasteiger partial charge < -0.3 is 15.8 Å². The number of hydrogen-bond donors (Lipinski definition) is 2. The normalized spacial score (nSPS) is 20.8. The van der Waals surface area contributed by atoms with E-state index >= 15 is 0 Å². The minimum Gasteiger partial charge on any atom is -0.381 e. The highest BCUT2D eigenvalue weighted by atomic mass is 16.5. The molecule has 1 aromatic rings. The van der Waals surface area contributed by atoms with Gasteiger partial charge in [-0.3, -0.25) is 4.79 Å². The molecule has 1 fully saturated rings.